The maximum absolute atomic E-state index is 3.14. The number of benzene rings is 2. The maximum Gasteiger partial charge on any atom is 0.0240 e. The molecule has 0 heterocycles. The Morgan fingerprint density at radius 2 is 1.82 bits per heavy atom. The molecule has 1 nitrogen and oxygen atoms in total. The lowest BCUT2D eigenvalue weighted by Crippen LogP contribution is -2.17. The molecule has 0 aliphatic heterocycles. The highest BCUT2D eigenvalue weighted by Crippen LogP contribution is 2.23. The second-order valence-electron chi connectivity index (χ2n) is 6.13. The molecule has 0 aromatic heterocycles. The van der Waals surface area contributed by atoms with E-state index in [9.17, 15) is 0 Å². The van der Waals surface area contributed by atoms with Crippen molar-refractivity contribution >= 4 is 10.8 Å². The summed E-state index contributed by atoms with van der Waals surface area (Å²) in [5, 5.41) is 2.71. The number of fused-ring (bicyclic) bond motifs is 1. The van der Waals surface area contributed by atoms with Gasteiger partial charge < -0.3 is 0 Å². The topological polar surface area (TPSA) is 3.24 Å². The monoisotopic (exact) mass is 291 g/mol. The van der Waals surface area contributed by atoms with Crippen LogP contribution in [-0.2, 0) is 6.54 Å². The number of likely N-dealkylation sites (N-methyl/N-ethyl adjacent to an activating group) is 1. The first-order valence-corrected chi connectivity index (χ1v) is 7.89. The Hall–Kier alpha value is -2.04. The zero-order valence-corrected chi connectivity index (χ0v) is 14.1. The number of allylic oxidation sites excluding steroid dienone is 1. The maximum atomic E-state index is 3.14. The van der Waals surface area contributed by atoms with Gasteiger partial charge in [0, 0.05) is 19.0 Å². The molecule has 114 valence electrons. The average Bonchev–Trinajstić information content (AvgIpc) is 2.50. The summed E-state index contributed by atoms with van der Waals surface area (Å²) in [5.41, 5.74) is 2.72. The molecule has 1 heteroatoms. The van der Waals surface area contributed by atoms with Crippen molar-refractivity contribution < 1.29 is 0 Å². The normalized spacial score (nSPS) is 11.4. The number of hydrogen-bond donors (Lipinski definition) is 0. The van der Waals surface area contributed by atoms with E-state index in [4.69, 9.17) is 0 Å². The van der Waals surface area contributed by atoms with Crippen molar-refractivity contribution in [3.05, 3.63) is 59.7 Å². The molecule has 0 aliphatic carbocycles. The molecule has 2 aromatic rings. The van der Waals surface area contributed by atoms with Crippen LogP contribution < -0.4 is 0 Å². The summed E-state index contributed by atoms with van der Waals surface area (Å²) in [7, 11) is 2.15. The van der Waals surface area contributed by atoms with Crippen molar-refractivity contribution in [2.75, 3.05) is 13.6 Å². The van der Waals surface area contributed by atoms with Gasteiger partial charge in [-0.3, -0.25) is 4.90 Å². The van der Waals surface area contributed by atoms with Gasteiger partial charge in [0.2, 0.25) is 0 Å². The van der Waals surface area contributed by atoms with Gasteiger partial charge in [0.1, 0.15) is 0 Å². The third-order valence-corrected chi connectivity index (χ3v) is 3.66. The van der Waals surface area contributed by atoms with E-state index in [1.165, 1.54) is 21.9 Å². The Labute approximate surface area is 134 Å². The zero-order chi connectivity index (χ0) is 15.9. The van der Waals surface area contributed by atoms with Gasteiger partial charge in [-0.25, -0.2) is 0 Å². The number of hydrogen-bond acceptors (Lipinski definition) is 1. The predicted molar refractivity (Wildman–Crippen MR) is 96.8 cm³/mol. The van der Waals surface area contributed by atoms with Crippen LogP contribution in [0.15, 0.2) is 48.6 Å². The second kappa shape index (κ2) is 7.82. The lowest BCUT2D eigenvalue weighted by Gasteiger charge is -2.16. The minimum absolute atomic E-state index is 0.432. The molecule has 0 fully saturated rings. The second-order valence-corrected chi connectivity index (χ2v) is 6.13. The third-order valence-electron chi connectivity index (χ3n) is 3.66. The summed E-state index contributed by atoms with van der Waals surface area (Å²) in [4.78, 5) is 2.31. The molecule has 0 bridgehead atoms. The van der Waals surface area contributed by atoms with Crippen LogP contribution in [0.2, 0.25) is 0 Å². The molecule has 0 radical (unpaired) electrons. The van der Waals surface area contributed by atoms with Crippen molar-refractivity contribution in [1.82, 2.24) is 4.90 Å². The van der Waals surface area contributed by atoms with Gasteiger partial charge in [0.25, 0.3) is 0 Å². The fraction of sp³-hybridized carbons (Fsp3) is 0.333. The Morgan fingerprint density at radius 1 is 1.09 bits per heavy atom. The first kappa shape index (κ1) is 16.3. The Kier molecular flexibility index (Phi) is 5.81. The SMILES string of the molecule is Cc1ccc(CN(C)C/C=C/C#CC(C)C)c2ccccc12. The van der Waals surface area contributed by atoms with E-state index >= 15 is 0 Å². The standard InChI is InChI=1S/C21H25N/c1-17(2)10-6-5-9-15-22(4)16-19-14-13-18(3)20-11-7-8-12-21(19)20/h5,7-9,11-14,17H,15-16H2,1-4H3/b9-5+. The third kappa shape index (κ3) is 4.48. The van der Waals surface area contributed by atoms with Crippen molar-refractivity contribution in [3.63, 3.8) is 0 Å². The molecular formula is C21H25N. The molecule has 0 amide bonds. The van der Waals surface area contributed by atoms with Crippen molar-refractivity contribution in [3.8, 4) is 11.8 Å². The predicted octanol–water partition coefficient (Wildman–Crippen LogP) is 4.80. The van der Waals surface area contributed by atoms with E-state index in [1.807, 2.05) is 6.08 Å². The van der Waals surface area contributed by atoms with E-state index in [2.05, 4.69) is 87.0 Å². The van der Waals surface area contributed by atoms with E-state index in [-0.39, 0.29) is 0 Å². The van der Waals surface area contributed by atoms with Gasteiger partial charge in [0.15, 0.2) is 0 Å². The van der Waals surface area contributed by atoms with Crippen molar-refractivity contribution in [1.29, 1.82) is 0 Å². The van der Waals surface area contributed by atoms with Crippen LogP contribution in [0.3, 0.4) is 0 Å². The quantitative estimate of drug-likeness (QED) is 0.732. The van der Waals surface area contributed by atoms with E-state index in [0.717, 1.165) is 13.1 Å². The van der Waals surface area contributed by atoms with Crippen LogP contribution in [0.25, 0.3) is 10.8 Å². The summed E-state index contributed by atoms with van der Waals surface area (Å²) in [5.74, 6) is 6.66. The number of aryl methyl sites for hydroxylation is 1. The summed E-state index contributed by atoms with van der Waals surface area (Å²) >= 11 is 0. The first-order valence-electron chi connectivity index (χ1n) is 7.89. The van der Waals surface area contributed by atoms with Gasteiger partial charge >= 0.3 is 0 Å². The van der Waals surface area contributed by atoms with Gasteiger partial charge in [0.05, 0.1) is 0 Å². The van der Waals surface area contributed by atoms with Crippen LogP contribution in [0, 0.1) is 24.7 Å². The Morgan fingerprint density at radius 3 is 2.55 bits per heavy atom. The van der Waals surface area contributed by atoms with Crippen molar-refractivity contribution in [2.45, 2.75) is 27.3 Å². The minimum Gasteiger partial charge on any atom is -0.298 e. The first-order chi connectivity index (χ1) is 10.6. The van der Waals surface area contributed by atoms with E-state index in [0.29, 0.717) is 5.92 Å². The van der Waals surface area contributed by atoms with Gasteiger partial charge in [-0.1, -0.05) is 68.2 Å². The van der Waals surface area contributed by atoms with Crippen LogP contribution in [0.1, 0.15) is 25.0 Å². The number of nitrogens with zero attached hydrogens (tertiary/aromatic N) is 1. The lowest BCUT2D eigenvalue weighted by molar-refractivity contribution is 0.365. The Bertz CT molecular complexity index is 713. The van der Waals surface area contributed by atoms with Crippen LogP contribution in [-0.4, -0.2) is 18.5 Å². The highest BCUT2D eigenvalue weighted by molar-refractivity contribution is 5.88. The Balaban J connectivity index is 2.05. The molecule has 0 saturated heterocycles. The highest BCUT2D eigenvalue weighted by atomic mass is 15.1. The molecule has 0 aliphatic rings. The molecular weight excluding hydrogens is 266 g/mol. The molecule has 2 rings (SSSR count). The fourth-order valence-corrected chi connectivity index (χ4v) is 2.51. The van der Waals surface area contributed by atoms with E-state index < -0.39 is 0 Å². The van der Waals surface area contributed by atoms with Gasteiger partial charge in [-0.15, -0.1) is 0 Å². The zero-order valence-electron chi connectivity index (χ0n) is 14.1. The molecule has 0 saturated carbocycles. The molecule has 2 aromatic carbocycles. The highest BCUT2D eigenvalue weighted by Gasteiger charge is 2.05. The summed E-state index contributed by atoms with van der Waals surface area (Å²) < 4.78 is 0. The lowest BCUT2D eigenvalue weighted by atomic mass is 10.00. The van der Waals surface area contributed by atoms with Crippen LogP contribution in [0.5, 0.6) is 0 Å². The van der Waals surface area contributed by atoms with Crippen molar-refractivity contribution in [2.24, 2.45) is 5.92 Å². The van der Waals surface area contributed by atoms with Gasteiger partial charge in [-0.05, 0) is 41.9 Å². The smallest absolute Gasteiger partial charge is 0.0240 e. The molecule has 0 atom stereocenters. The summed E-state index contributed by atoms with van der Waals surface area (Å²) in [6, 6.07) is 13.1. The molecule has 22 heavy (non-hydrogen) atoms. The van der Waals surface area contributed by atoms with Crippen LogP contribution >= 0.6 is 0 Å². The molecule has 0 spiro atoms. The largest absolute Gasteiger partial charge is 0.298 e. The summed E-state index contributed by atoms with van der Waals surface area (Å²) in [6.45, 7) is 8.24. The fourth-order valence-electron chi connectivity index (χ4n) is 2.51. The molecule has 0 N–H and O–H groups in total. The van der Waals surface area contributed by atoms with Gasteiger partial charge in [-0.2, -0.15) is 0 Å². The molecule has 0 unspecified atom stereocenters. The van der Waals surface area contributed by atoms with Crippen LogP contribution in [0.4, 0.5) is 0 Å². The minimum atomic E-state index is 0.432. The average molecular weight is 291 g/mol. The number of rotatable bonds is 4. The van der Waals surface area contributed by atoms with E-state index in [1.54, 1.807) is 0 Å². The summed E-state index contributed by atoms with van der Waals surface area (Å²) in [6.07, 6.45) is 4.09.